The first kappa shape index (κ1) is 16.1. The van der Waals surface area contributed by atoms with E-state index < -0.39 is 5.54 Å². The Kier molecular flexibility index (Phi) is 4.75. The summed E-state index contributed by atoms with van der Waals surface area (Å²) in [6.45, 7) is 0.745. The topological polar surface area (TPSA) is 76.2 Å². The number of hydrogen-bond donors (Lipinski definition) is 2. The minimum absolute atomic E-state index is 0.178. The first-order chi connectivity index (χ1) is 11.1. The lowest BCUT2D eigenvalue weighted by molar-refractivity contribution is -0.125. The molecule has 23 heavy (non-hydrogen) atoms. The lowest BCUT2D eigenvalue weighted by Gasteiger charge is -2.26. The SMILES string of the molecule is O=C(COc1cc(Cl)ccc1Cl)NC1(c2ncc[nH]2)CCOC1. The van der Waals surface area contributed by atoms with Gasteiger partial charge in [0, 0.05) is 36.5 Å². The average Bonchev–Trinajstić information content (AvgIpc) is 3.20. The predicted molar refractivity (Wildman–Crippen MR) is 85.8 cm³/mol. The highest BCUT2D eigenvalue weighted by atomic mass is 35.5. The fraction of sp³-hybridized carbons (Fsp3) is 0.333. The minimum Gasteiger partial charge on any atom is -0.482 e. The zero-order valence-electron chi connectivity index (χ0n) is 12.1. The monoisotopic (exact) mass is 355 g/mol. The minimum atomic E-state index is -0.651. The normalized spacial score (nSPS) is 20.4. The molecule has 0 radical (unpaired) electrons. The Bertz CT molecular complexity index is 685. The van der Waals surface area contributed by atoms with Crippen molar-refractivity contribution in [3.63, 3.8) is 0 Å². The largest absolute Gasteiger partial charge is 0.482 e. The summed E-state index contributed by atoms with van der Waals surface area (Å²) in [6.07, 6.45) is 4.00. The van der Waals surface area contributed by atoms with E-state index in [0.717, 1.165) is 0 Å². The van der Waals surface area contributed by atoms with E-state index in [1.807, 2.05) is 0 Å². The summed E-state index contributed by atoms with van der Waals surface area (Å²) in [5, 5.41) is 3.82. The second-order valence-electron chi connectivity index (χ2n) is 5.23. The molecule has 3 rings (SSSR count). The van der Waals surface area contributed by atoms with E-state index >= 15 is 0 Å². The molecule has 8 heteroatoms. The molecular weight excluding hydrogens is 341 g/mol. The molecule has 1 aromatic carbocycles. The number of nitrogens with zero attached hydrogens (tertiary/aromatic N) is 1. The molecule has 2 aromatic rings. The van der Waals surface area contributed by atoms with E-state index in [2.05, 4.69) is 15.3 Å². The summed E-state index contributed by atoms with van der Waals surface area (Å²) < 4.78 is 10.9. The molecule has 1 amide bonds. The fourth-order valence-electron chi connectivity index (χ4n) is 2.47. The van der Waals surface area contributed by atoms with Crippen LogP contribution in [0, 0.1) is 0 Å². The molecule has 1 atom stereocenters. The number of benzene rings is 1. The molecule has 122 valence electrons. The van der Waals surface area contributed by atoms with Gasteiger partial charge in [-0.25, -0.2) is 4.98 Å². The van der Waals surface area contributed by atoms with Crippen LogP contribution in [0.25, 0.3) is 0 Å². The second kappa shape index (κ2) is 6.78. The summed E-state index contributed by atoms with van der Waals surface area (Å²) in [6, 6.07) is 4.84. The van der Waals surface area contributed by atoms with Crippen molar-refractivity contribution >= 4 is 29.1 Å². The molecule has 1 aliphatic rings. The highest BCUT2D eigenvalue weighted by Crippen LogP contribution is 2.29. The van der Waals surface area contributed by atoms with Crippen molar-refractivity contribution in [2.45, 2.75) is 12.0 Å². The Hall–Kier alpha value is -1.76. The number of rotatable bonds is 5. The Morgan fingerprint density at radius 3 is 3.04 bits per heavy atom. The number of nitrogens with one attached hydrogen (secondary N) is 2. The van der Waals surface area contributed by atoms with E-state index in [1.165, 1.54) is 0 Å². The van der Waals surface area contributed by atoms with Crippen LogP contribution in [0.3, 0.4) is 0 Å². The Morgan fingerprint density at radius 1 is 1.48 bits per heavy atom. The van der Waals surface area contributed by atoms with Gasteiger partial charge >= 0.3 is 0 Å². The molecule has 0 saturated carbocycles. The zero-order chi connectivity index (χ0) is 16.3. The molecule has 1 unspecified atom stereocenters. The first-order valence-electron chi connectivity index (χ1n) is 7.05. The van der Waals surface area contributed by atoms with Crippen molar-refractivity contribution in [2.75, 3.05) is 19.8 Å². The van der Waals surface area contributed by atoms with Crippen molar-refractivity contribution in [1.29, 1.82) is 0 Å². The van der Waals surface area contributed by atoms with Crippen molar-refractivity contribution in [3.8, 4) is 5.75 Å². The van der Waals surface area contributed by atoms with Gasteiger partial charge in [0.05, 0.1) is 11.6 Å². The molecule has 2 N–H and O–H groups in total. The van der Waals surface area contributed by atoms with Crippen LogP contribution >= 0.6 is 23.2 Å². The van der Waals surface area contributed by atoms with Gasteiger partial charge < -0.3 is 19.8 Å². The Balaban J connectivity index is 1.65. The maximum atomic E-state index is 12.3. The number of aromatic amines is 1. The maximum Gasteiger partial charge on any atom is 0.258 e. The third-order valence-corrected chi connectivity index (χ3v) is 4.15. The van der Waals surface area contributed by atoms with Gasteiger partial charge in [0.1, 0.15) is 17.1 Å². The van der Waals surface area contributed by atoms with Crippen molar-refractivity contribution in [3.05, 3.63) is 46.5 Å². The summed E-state index contributed by atoms with van der Waals surface area (Å²) in [7, 11) is 0. The van der Waals surface area contributed by atoms with Gasteiger partial charge in [-0.2, -0.15) is 0 Å². The van der Waals surface area contributed by atoms with Gasteiger partial charge in [0.2, 0.25) is 0 Å². The van der Waals surface area contributed by atoms with Crippen LogP contribution in [0.15, 0.2) is 30.6 Å². The van der Waals surface area contributed by atoms with Crippen LogP contribution in [-0.2, 0) is 15.1 Å². The van der Waals surface area contributed by atoms with Crippen LogP contribution in [0.2, 0.25) is 10.0 Å². The van der Waals surface area contributed by atoms with Gasteiger partial charge in [0.15, 0.2) is 6.61 Å². The lowest BCUT2D eigenvalue weighted by atomic mass is 9.97. The van der Waals surface area contributed by atoms with E-state index in [-0.39, 0.29) is 12.5 Å². The molecule has 2 heterocycles. The smallest absolute Gasteiger partial charge is 0.258 e. The quantitative estimate of drug-likeness (QED) is 0.863. The van der Waals surface area contributed by atoms with Crippen LogP contribution in [0.1, 0.15) is 12.2 Å². The number of H-pyrrole nitrogens is 1. The summed E-state index contributed by atoms with van der Waals surface area (Å²) in [5.74, 6) is 0.746. The standard InChI is InChI=1S/C15H15Cl2N3O3/c16-10-1-2-11(17)12(7-10)23-8-13(21)20-15(3-6-22-9-15)14-18-4-5-19-14/h1-2,4-5,7H,3,6,8-9H2,(H,18,19)(H,20,21). The van der Waals surface area contributed by atoms with Crippen LogP contribution < -0.4 is 10.1 Å². The Morgan fingerprint density at radius 2 is 2.35 bits per heavy atom. The highest BCUT2D eigenvalue weighted by molar-refractivity contribution is 6.34. The fourth-order valence-corrected chi connectivity index (χ4v) is 2.80. The first-order valence-corrected chi connectivity index (χ1v) is 7.81. The number of carbonyl (C=O) groups is 1. The van der Waals surface area contributed by atoms with Crippen molar-refractivity contribution in [2.24, 2.45) is 0 Å². The molecule has 6 nitrogen and oxygen atoms in total. The second-order valence-corrected chi connectivity index (χ2v) is 6.08. The number of imidazole rings is 1. The molecule has 1 saturated heterocycles. The summed E-state index contributed by atoms with van der Waals surface area (Å²) in [5.41, 5.74) is -0.651. The van der Waals surface area contributed by atoms with E-state index in [0.29, 0.717) is 41.3 Å². The molecule has 0 aliphatic carbocycles. The number of hydrogen-bond acceptors (Lipinski definition) is 4. The van der Waals surface area contributed by atoms with Crippen LogP contribution in [0.5, 0.6) is 5.75 Å². The summed E-state index contributed by atoms with van der Waals surface area (Å²) in [4.78, 5) is 19.5. The van der Waals surface area contributed by atoms with Gasteiger partial charge in [-0.1, -0.05) is 23.2 Å². The number of aromatic nitrogens is 2. The Labute approximate surface area is 143 Å². The zero-order valence-corrected chi connectivity index (χ0v) is 13.7. The molecule has 0 bridgehead atoms. The lowest BCUT2D eigenvalue weighted by Crippen LogP contribution is -2.48. The third kappa shape index (κ3) is 3.60. The predicted octanol–water partition coefficient (Wildman–Crippen LogP) is 2.53. The van der Waals surface area contributed by atoms with Gasteiger partial charge in [-0.3, -0.25) is 4.79 Å². The number of ether oxygens (including phenoxy) is 2. The van der Waals surface area contributed by atoms with E-state index in [9.17, 15) is 4.79 Å². The number of carbonyl (C=O) groups excluding carboxylic acids is 1. The molecule has 0 spiro atoms. The molecule has 1 aliphatic heterocycles. The highest BCUT2D eigenvalue weighted by Gasteiger charge is 2.40. The van der Waals surface area contributed by atoms with Crippen LogP contribution in [-0.4, -0.2) is 35.7 Å². The van der Waals surface area contributed by atoms with Crippen LogP contribution in [0.4, 0.5) is 0 Å². The van der Waals surface area contributed by atoms with Gasteiger partial charge in [-0.15, -0.1) is 0 Å². The van der Waals surface area contributed by atoms with Gasteiger partial charge in [0.25, 0.3) is 5.91 Å². The average molecular weight is 356 g/mol. The third-order valence-electron chi connectivity index (χ3n) is 3.60. The molecule has 1 fully saturated rings. The maximum absolute atomic E-state index is 12.3. The van der Waals surface area contributed by atoms with E-state index in [1.54, 1.807) is 30.6 Å². The molecular formula is C15H15Cl2N3O3. The van der Waals surface area contributed by atoms with Crippen molar-refractivity contribution < 1.29 is 14.3 Å². The van der Waals surface area contributed by atoms with E-state index in [4.69, 9.17) is 32.7 Å². The van der Waals surface area contributed by atoms with Gasteiger partial charge in [-0.05, 0) is 12.1 Å². The van der Waals surface area contributed by atoms with Crippen molar-refractivity contribution in [1.82, 2.24) is 15.3 Å². The molecule has 1 aromatic heterocycles. The number of halogens is 2. The number of amides is 1. The summed E-state index contributed by atoms with van der Waals surface area (Å²) >= 11 is 11.9.